The first-order valence-corrected chi connectivity index (χ1v) is 7.05. The molecule has 0 fully saturated rings. The average molecular weight is 292 g/mol. The van der Waals surface area contributed by atoms with E-state index in [-0.39, 0.29) is 12.5 Å². The second-order valence-electron chi connectivity index (χ2n) is 5.07. The number of anilines is 1. The Kier molecular flexibility index (Phi) is 4.01. The highest BCUT2D eigenvalue weighted by atomic mass is 16.5. The van der Waals surface area contributed by atoms with Crippen LogP contribution in [0.15, 0.2) is 60.8 Å². The maximum Gasteiger partial charge on any atom is 0.262 e. The molecule has 0 aliphatic rings. The molecular weight excluding hydrogens is 276 g/mol. The molecule has 0 saturated heterocycles. The van der Waals surface area contributed by atoms with Crippen molar-refractivity contribution in [1.29, 1.82) is 0 Å². The van der Waals surface area contributed by atoms with E-state index >= 15 is 0 Å². The summed E-state index contributed by atoms with van der Waals surface area (Å²) in [7, 11) is 0. The summed E-state index contributed by atoms with van der Waals surface area (Å²) in [5.41, 5.74) is 2.71. The van der Waals surface area contributed by atoms with E-state index in [9.17, 15) is 4.79 Å². The number of hydrogen-bond donors (Lipinski definition) is 1. The molecule has 1 aromatic heterocycles. The Hall–Kier alpha value is -2.88. The molecule has 3 rings (SSSR count). The predicted molar refractivity (Wildman–Crippen MR) is 87.0 cm³/mol. The maximum atomic E-state index is 11.9. The van der Waals surface area contributed by atoms with Crippen molar-refractivity contribution >= 4 is 22.5 Å². The van der Waals surface area contributed by atoms with Gasteiger partial charge in [0.05, 0.1) is 17.4 Å². The Labute approximate surface area is 128 Å². The molecule has 1 amide bonds. The zero-order valence-corrected chi connectivity index (χ0v) is 12.2. The summed E-state index contributed by atoms with van der Waals surface area (Å²) in [6, 6.07) is 17.2. The number of ether oxygens (including phenoxy) is 1. The van der Waals surface area contributed by atoms with Gasteiger partial charge in [-0.3, -0.25) is 9.78 Å². The fourth-order valence-corrected chi connectivity index (χ4v) is 2.12. The van der Waals surface area contributed by atoms with Gasteiger partial charge in [0, 0.05) is 5.39 Å². The van der Waals surface area contributed by atoms with Crippen molar-refractivity contribution in [3.8, 4) is 5.75 Å². The van der Waals surface area contributed by atoms with Gasteiger partial charge < -0.3 is 10.1 Å². The van der Waals surface area contributed by atoms with Crippen LogP contribution in [-0.2, 0) is 4.79 Å². The predicted octanol–water partition coefficient (Wildman–Crippen LogP) is 3.56. The van der Waals surface area contributed by atoms with Gasteiger partial charge in [0.15, 0.2) is 6.61 Å². The van der Waals surface area contributed by atoms with E-state index < -0.39 is 0 Å². The highest BCUT2D eigenvalue weighted by Crippen LogP contribution is 2.16. The van der Waals surface area contributed by atoms with E-state index in [4.69, 9.17) is 4.74 Å². The number of amides is 1. The van der Waals surface area contributed by atoms with Crippen molar-refractivity contribution in [1.82, 2.24) is 4.98 Å². The summed E-state index contributed by atoms with van der Waals surface area (Å²) in [4.78, 5) is 16.2. The van der Waals surface area contributed by atoms with Crippen molar-refractivity contribution in [3.05, 3.63) is 66.4 Å². The maximum absolute atomic E-state index is 11.9. The largest absolute Gasteiger partial charge is 0.484 e. The van der Waals surface area contributed by atoms with E-state index in [1.807, 2.05) is 61.5 Å². The lowest BCUT2D eigenvalue weighted by atomic mass is 10.2. The van der Waals surface area contributed by atoms with Crippen molar-refractivity contribution in [3.63, 3.8) is 0 Å². The molecule has 4 nitrogen and oxygen atoms in total. The summed E-state index contributed by atoms with van der Waals surface area (Å²) in [5, 5.41) is 3.78. The Morgan fingerprint density at radius 3 is 2.73 bits per heavy atom. The third-order valence-corrected chi connectivity index (χ3v) is 3.27. The lowest BCUT2D eigenvalue weighted by Crippen LogP contribution is -2.20. The monoisotopic (exact) mass is 292 g/mol. The number of hydrogen-bond acceptors (Lipinski definition) is 3. The molecule has 0 saturated carbocycles. The Morgan fingerprint density at radius 1 is 1.14 bits per heavy atom. The van der Waals surface area contributed by atoms with Crippen LogP contribution in [0.5, 0.6) is 5.75 Å². The number of fused-ring (bicyclic) bond motifs is 1. The summed E-state index contributed by atoms with van der Waals surface area (Å²) in [6.07, 6.45) is 1.64. The van der Waals surface area contributed by atoms with Gasteiger partial charge in [0.1, 0.15) is 5.75 Å². The van der Waals surface area contributed by atoms with Crippen LogP contribution < -0.4 is 10.1 Å². The second kappa shape index (κ2) is 6.26. The van der Waals surface area contributed by atoms with E-state index in [2.05, 4.69) is 10.3 Å². The number of pyridine rings is 1. The van der Waals surface area contributed by atoms with Gasteiger partial charge in [-0.15, -0.1) is 0 Å². The average Bonchev–Trinajstić information content (AvgIpc) is 2.54. The molecular formula is C18H16N2O2. The minimum atomic E-state index is -0.211. The topological polar surface area (TPSA) is 51.2 Å². The van der Waals surface area contributed by atoms with Gasteiger partial charge in [0.25, 0.3) is 5.91 Å². The van der Waals surface area contributed by atoms with Crippen molar-refractivity contribution < 1.29 is 9.53 Å². The first-order valence-electron chi connectivity index (χ1n) is 7.05. The number of nitrogens with one attached hydrogen (secondary N) is 1. The number of rotatable bonds is 4. The molecule has 0 radical (unpaired) electrons. The van der Waals surface area contributed by atoms with Crippen LogP contribution >= 0.6 is 0 Å². The van der Waals surface area contributed by atoms with Gasteiger partial charge in [-0.05, 0) is 31.2 Å². The number of nitrogens with zero attached hydrogens (tertiary/aromatic N) is 1. The standard InChI is InChI=1S/C18H16N2O2/c1-13-6-8-16(9-7-13)22-12-18(21)20-15-10-14-4-2-3-5-17(14)19-11-15/h2-11H,12H2,1H3,(H,20,21). The van der Waals surface area contributed by atoms with E-state index in [0.717, 1.165) is 16.5 Å². The zero-order valence-electron chi connectivity index (χ0n) is 12.2. The first-order chi connectivity index (χ1) is 10.7. The number of carbonyl (C=O) groups excluding carboxylic acids is 1. The normalized spacial score (nSPS) is 10.4. The number of aromatic nitrogens is 1. The number of para-hydroxylation sites is 1. The van der Waals surface area contributed by atoms with Gasteiger partial charge >= 0.3 is 0 Å². The molecule has 1 N–H and O–H groups in total. The number of benzene rings is 2. The molecule has 0 atom stereocenters. The van der Waals surface area contributed by atoms with Crippen molar-refractivity contribution in [2.24, 2.45) is 0 Å². The Morgan fingerprint density at radius 2 is 1.91 bits per heavy atom. The molecule has 2 aromatic carbocycles. The number of aryl methyl sites for hydroxylation is 1. The third kappa shape index (κ3) is 3.41. The molecule has 1 heterocycles. The minimum Gasteiger partial charge on any atom is -0.484 e. The van der Waals surface area contributed by atoms with Crippen LogP contribution in [0.25, 0.3) is 10.9 Å². The fraction of sp³-hybridized carbons (Fsp3) is 0.111. The zero-order chi connectivity index (χ0) is 15.4. The van der Waals surface area contributed by atoms with E-state index in [0.29, 0.717) is 11.4 Å². The number of carbonyl (C=O) groups is 1. The van der Waals surface area contributed by atoms with Crippen LogP contribution in [0, 0.1) is 6.92 Å². The SMILES string of the molecule is Cc1ccc(OCC(=O)Nc2cnc3ccccc3c2)cc1. The summed E-state index contributed by atoms with van der Waals surface area (Å²) in [5.74, 6) is 0.468. The minimum absolute atomic E-state index is 0.0319. The summed E-state index contributed by atoms with van der Waals surface area (Å²) < 4.78 is 5.45. The smallest absolute Gasteiger partial charge is 0.262 e. The molecule has 22 heavy (non-hydrogen) atoms. The molecule has 0 bridgehead atoms. The van der Waals surface area contributed by atoms with Gasteiger partial charge in [-0.25, -0.2) is 0 Å². The summed E-state index contributed by atoms with van der Waals surface area (Å²) >= 11 is 0. The van der Waals surface area contributed by atoms with Crippen LogP contribution in [0.4, 0.5) is 5.69 Å². The molecule has 110 valence electrons. The second-order valence-corrected chi connectivity index (χ2v) is 5.07. The molecule has 0 aliphatic carbocycles. The molecule has 4 heteroatoms. The fourth-order valence-electron chi connectivity index (χ4n) is 2.12. The van der Waals surface area contributed by atoms with Crippen molar-refractivity contribution in [2.45, 2.75) is 6.92 Å². The van der Waals surface area contributed by atoms with Crippen LogP contribution in [0.1, 0.15) is 5.56 Å². The third-order valence-electron chi connectivity index (χ3n) is 3.27. The van der Waals surface area contributed by atoms with Crippen LogP contribution in [0.2, 0.25) is 0 Å². The molecule has 0 spiro atoms. The van der Waals surface area contributed by atoms with Gasteiger partial charge in [-0.2, -0.15) is 0 Å². The molecule has 3 aromatic rings. The Bertz CT molecular complexity index is 798. The lowest BCUT2D eigenvalue weighted by Gasteiger charge is -2.08. The van der Waals surface area contributed by atoms with E-state index in [1.165, 1.54) is 0 Å². The molecule has 0 aliphatic heterocycles. The lowest BCUT2D eigenvalue weighted by molar-refractivity contribution is -0.118. The highest BCUT2D eigenvalue weighted by molar-refractivity contribution is 5.93. The van der Waals surface area contributed by atoms with Crippen LogP contribution in [0.3, 0.4) is 0 Å². The first kappa shape index (κ1) is 14.1. The van der Waals surface area contributed by atoms with Crippen LogP contribution in [-0.4, -0.2) is 17.5 Å². The van der Waals surface area contributed by atoms with Gasteiger partial charge in [-0.1, -0.05) is 35.9 Å². The highest BCUT2D eigenvalue weighted by Gasteiger charge is 2.05. The summed E-state index contributed by atoms with van der Waals surface area (Å²) in [6.45, 7) is 1.97. The Balaban J connectivity index is 1.61. The molecule has 0 unspecified atom stereocenters. The van der Waals surface area contributed by atoms with Gasteiger partial charge in [0.2, 0.25) is 0 Å². The quantitative estimate of drug-likeness (QED) is 0.800. The van der Waals surface area contributed by atoms with Crippen molar-refractivity contribution in [2.75, 3.05) is 11.9 Å². The van der Waals surface area contributed by atoms with E-state index in [1.54, 1.807) is 6.20 Å².